The van der Waals surface area contributed by atoms with Gasteiger partial charge in [0.25, 0.3) is 0 Å². The summed E-state index contributed by atoms with van der Waals surface area (Å²) in [5, 5.41) is 0. The van der Waals surface area contributed by atoms with Crippen LogP contribution < -0.4 is 9.64 Å². The first-order chi connectivity index (χ1) is 10.2. The van der Waals surface area contributed by atoms with Gasteiger partial charge < -0.3 is 14.4 Å². The van der Waals surface area contributed by atoms with Crippen molar-refractivity contribution in [2.24, 2.45) is 0 Å². The number of carbonyl (C=O) groups is 1. The Balaban J connectivity index is 1.90. The Morgan fingerprint density at radius 1 is 1.10 bits per heavy atom. The summed E-state index contributed by atoms with van der Waals surface area (Å²) in [6.07, 6.45) is 0. The molecule has 1 aliphatic rings. The summed E-state index contributed by atoms with van der Waals surface area (Å²) < 4.78 is 10.7. The zero-order valence-corrected chi connectivity index (χ0v) is 12.9. The van der Waals surface area contributed by atoms with Gasteiger partial charge >= 0.3 is 5.97 Å². The molecule has 0 aliphatic carbocycles. The maximum absolute atomic E-state index is 11.5. The Morgan fingerprint density at radius 2 is 1.81 bits per heavy atom. The van der Waals surface area contributed by atoms with E-state index in [2.05, 4.69) is 15.9 Å². The van der Waals surface area contributed by atoms with E-state index in [1.54, 1.807) is 0 Å². The van der Waals surface area contributed by atoms with Crippen LogP contribution in [0.5, 0.6) is 5.75 Å². The van der Waals surface area contributed by atoms with Gasteiger partial charge in [0, 0.05) is 26.2 Å². The van der Waals surface area contributed by atoms with E-state index in [0.29, 0.717) is 19.8 Å². The fraction of sp³-hybridized carbons (Fsp3) is 0.562. The molecule has 2 rings (SSSR count). The standard InChI is InChI=1S/C16H24N2O3/c1-3-20-15-8-6-5-7-14(15)18-11-9-17(10-12-18)13-16(19)21-4-2/h5-8H,3-4,9-13H2,1-2H3. The maximum Gasteiger partial charge on any atom is 0.320 e. The number of piperazine rings is 1. The lowest BCUT2D eigenvalue weighted by Crippen LogP contribution is -2.48. The topological polar surface area (TPSA) is 42.0 Å². The van der Waals surface area contributed by atoms with Gasteiger partial charge in [-0.2, -0.15) is 0 Å². The van der Waals surface area contributed by atoms with Gasteiger partial charge in [0.1, 0.15) is 5.75 Å². The number of anilines is 1. The van der Waals surface area contributed by atoms with E-state index in [4.69, 9.17) is 9.47 Å². The molecule has 21 heavy (non-hydrogen) atoms. The van der Waals surface area contributed by atoms with Crippen molar-refractivity contribution in [1.29, 1.82) is 0 Å². The second kappa shape index (κ2) is 7.88. The quantitative estimate of drug-likeness (QED) is 0.748. The minimum absolute atomic E-state index is 0.138. The Kier molecular flexibility index (Phi) is 5.87. The lowest BCUT2D eigenvalue weighted by molar-refractivity contribution is -0.144. The summed E-state index contributed by atoms with van der Waals surface area (Å²) in [5.74, 6) is 0.791. The number of nitrogens with zero attached hydrogens (tertiary/aromatic N) is 2. The van der Waals surface area contributed by atoms with Crippen LogP contribution in [0.2, 0.25) is 0 Å². The first kappa shape index (κ1) is 15.6. The lowest BCUT2D eigenvalue weighted by atomic mass is 10.2. The van der Waals surface area contributed by atoms with Crippen molar-refractivity contribution in [3.05, 3.63) is 24.3 Å². The third kappa shape index (κ3) is 4.36. The molecule has 116 valence electrons. The van der Waals surface area contributed by atoms with Gasteiger partial charge in [-0.3, -0.25) is 9.69 Å². The Labute approximate surface area is 126 Å². The lowest BCUT2D eigenvalue weighted by Gasteiger charge is -2.36. The molecule has 1 heterocycles. The monoisotopic (exact) mass is 292 g/mol. The predicted molar refractivity (Wildman–Crippen MR) is 82.9 cm³/mol. The molecule has 1 aromatic carbocycles. The summed E-state index contributed by atoms with van der Waals surface area (Å²) in [6.45, 7) is 8.83. The molecule has 0 radical (unpaired) electrons. The molecule has 0 atom stereocenters. The SMILES string of the molecule is CCOC(=O)CN1CCN(c2ccccc2OCC)CC1. The molecule has 0 N–H and O–H groups in total. The van der Waals surface area contributed by atoms with Crippen molar-refractivity contribution in [2.75, 3.05) is 50.8 Å². The van der Waals surface area contributed by atoms with Crippen LogP contribution in [-0.4, -0.2) is 56.8 Å². The van der Waals surface area contributed by atoms with E-state index in [0.717, 1.165) is 37.6 Å². The average Bonchev–Trinajstić information content (AvgIpc) is 2.49. The van der Waals surface area contributed by atoms with E-state index in [9.17, 15) is 4.79 Å². The molecular weight excluding hydrogens is 268 g/mol. The molecular formula is C16H24N2O3. The van der Waals surface area contributed by atoms with Gasteiger partial charge in [-0.15, -0.1) is 0 Å². The molecule has 5 nitrogen and oxygen atoms in total. The van der Waals surface area contributed by atoms with E-state index in [-0.39, 0.29) is 5.97 Å². The van der Waals surface area contributed by atoms with Crippen LogP contribution >= 0.6 is 0 Å². The third-order valence-electron chi connectivity index (χ3n) is 3.54. The van der Waals surface area contributed by atoms with E-state index < -0.39 is 0 Å². The van der Waals surface area contributed by atoms with Crippen LogP contribution in [0, 0.1) is 0 Å². The van der Waals surface area contributed by atoms with Crippen molar-refractivity contribution in [1.82, 2.24) is 4.90 Å². The molecule has 0 amide bonds. The zero-order chi connectivity index (χ0) is 15.1. The number of esters is 1. The van der Waals surface area contributed by atoms with E-state index in [1.807, 2.05) is 32.0 Å². The largest absolute Gasteiger partial charge is 0.492 e. The predicted octanol–water partition coefficient (Wildman–Crippen LogP) is 1.77. The Bertz CT molecular complexity index is 457. The van der Waals surface area contributed by atoms with Crippen LogP contribution in [0.15, 0.2) is 24.3 Å². The second-order valence-electron chi connectivity index (χ2n) is 4.97. The highest BCUT2D eigenvalue weighted by Gasteiger charge is 2.21. The van der Waals surface area contributed by atoms with Crippen LogP contribution in [-0.2, 0) is 9.53 Å². The van der Waals surface area contributed by atoms with Gasteiger partial charge in [-0.1, -0.05) is 12.1 Å². The van der Waals surface area contributed by atoms with Crippen LogP contribution in [0.4, 0.5) is 5.69 Å². The van der Waals surface area contributed by atoms with Crippen molar-refractivity contribution in [2.45, 2.75) is 13.8 Å². The number of para-hydroxylation sites is 2. The molecule has 1 aliphatic heterocycles. The van der Waals surface area contributed by atoms with E-state index in [1.165, 1.54) is 0 Å². The Hall–Kier alpha value is -1.75. The second-order valence-corrected chi connectivity index (χ2v) is 4.97. The van der Waals surface area contributed by atoms with Crippen molar-refractivity contribution >= 4 is 11.7 Å². The fourth-order valence-electron chi connectivity index (χ4n) is 2.53. The first-order valence-corrected chi connectivity index (χ1v) is 7.59. The molecule has 1 saturated heterocycles. The molecule has 0 unspecified atom stereocenters. The molecule has 0 aromatic heterocycles. The summed E-state index contributed by atoms with van der Waals surface area (Å²) in [5.41, 5.74) is 1.13. The van der Waals surface area contributed by atoms with Crippen LogP contribution in [0.25, 0.3) is 0 Å². The molecule has 1 aromatic rings. The molecule has 5 heteroatoms. The minimum atomic E-state index is -0.138. The van der Waals surface area contributed by atoms with Gasteiger partial charge in [-0.05, 0) is 26.0 Å². The van der Waals surface area contributed by atoms with Crippen LogP contribution in [0.3, 0.4) is 0 Å². The number of rotatable bonds is 6. The summed E-state index contributed by atoms with van der Waals surface area (Å²) in [6, 6.07) is 8.12. The van der Waals surface area contributed by atoms with Gasteiger partial charge in [0.15, 0.2) is 0 Å². The number of hydrogen-bond acceptors (Lipinski definition) is 5. The number of carbonyl (C=O) groups excluding carboxylic acids is 1. The van der Waals surface area contributed by atoms with Crippen molar-refractivity contribution in [3.8, 4) is 5.75 Å². The van der Waals surface area contributed by atoms with Crippen molar-refractivity contribution in [3.63, 3.8) is 0 Å². The average molecular weight is 292 g/mol. The minimum Gasteiger partial charge on any atom is -0.492 e. The summed E-state index contributed by atoms with van der Waals surface area (Å²) in [4.78, 5) is 16.0. The normalized spacial score (nSPS) is 15.8. The summed E-state index contributed by atoms with van der Waals surface area (Å²) >= 11 is 0. The van der Waals surface area contributed by atoms with Gasteiger partial charge in [-0.25, -0.2) is 0 Å². The fourth-order valence-corrected chi connectivity index (χ4v) is 2.53. The van der Waals surface area contributed by atoms with Gasteiger partial charge in [0.2, 0.25) is 0 Å². The number of ether oxygens (including phenoxy) is 2. The number of hydrogen-bond donors (Lipinski definition) is 0. The van der Waals surface area contributed by atoms with Crippen molar-refractivity contribution < 1.29 is 14.3 Å². The highest BCUT2D eigenvalue weighted by molar-refractivity contribution is 5.71. The molecule has 1 fully saturated rings. The van der Waals surface area contributed by atoms with Crippen LogP contribution in [0.1, 0.15) is 13.8 Å². The third-order valence-corrected chi connectivity index (χ3v) is 3.54. The molecule has 0 saturated carbocycles. The maximum atomic E-state index is 11.5. The zero-order valence-electron chi connectivity index (χ0n) is 12.9. The highest BCUT2D eigenvalue weighted by Crippen LogP contribution is 2.28. The van der Waals surface area contributed by atoms with Gasteiger partial charge in [0.05, 0.1) is 25.4 Å². The smallest absolute Gasteiger partial charge is 0.320 e. The first-order valence-electron chi connectivity index (χ1n) is 7.59. The summed E-state index contributed by atoms with van der Waals surface area (Å²) in [7, 11) is 0. The molecule has 0 bridgehead atoms. The molecule has 0 spiro atoms. The Morgan fingerprint density at radius 3 is 2.48 bits per heavy atom. The highest BCUT2D eigenvalue weighted by atomic mass is 16.5. The van der Waals surface area contributed by atoms with E-state index >= 15 is 0 Å². The number of benzene rings is 1.